The highest BCUT2D eigenvalue weighted by Gasteiger charge is 2.08. The van der Waals surface area contributed by atoms with Crippen molar-refractivity contribution in [3.63, 3.8) is 0 Å². The van der Waals surface area contributed by atoms with E-state index in [-0.39, 0.29) is 19.1 Å². The van der Waals surface area contributed by atoms with E-state index in [9.17, 15) is 4.79 Å². The fourth-order valence-corrected chi connectivity index (χ4v) is 2.13. The van der Waals surface area contributed by atoms with E-state index >= 15 is 0 Å². The molecule has 0 bridgehead atoms. The summed E-state index contributed by atoms with van der Waals surface area (Å²) < 4.78 is 1.39. The molecule has 0 aliphatic rings. The van der Waals surface area contributed by atoms with E-state index in [1.165, 1.54) is 4.68 Å². The molecule has 0 aliphatic heterocycles. The molecule has 6 nitrogen and oxygen atoms in total. The van der Waals surface area contributed by atoms with E-state index in [4.69, 9.17) is 5.11 Å². The lowest BCUT2D eigenvalue weighted by Crippen LogP contribution is -2.19. The van der Waals surface area contributed by atoms with Crippen LogP contribution in [0.25, 0.3) is 0 Å². The summed E-state index contributed by atoms with van der Waals surface area (Å²) in [7, 11) is 0. The molecule has 2 rings (SSSR count). The Bertz CT molecular complexity index is 570. The quantitative estimate of drug-likeness (QED) is 0.801. The third kappa shape index (κ3) is 3.55. The molecule has 0 saturated heterocycles. The van der Waals surface area contributed by atoms with E-state index in [0.717, 1.165) is 10.6 Å². The van der Waals surface area contributed by atoms with Crippen LogP contribution in [-0.2, 0) is 17.9 Å². The van der Waals surface area contributed by atoms with E-state index in [1.54, 1.807) is 18.0 Å². The van der Waals surface area contributed by atoms with E-state index in [0.29, 0.717) is 5.69 Å². The Labute approximate surface area is 114 Å². The van der Waals surface area contributed by atoms with Crippen LogP contribution in [0.4, 0.5) is 5.69 Å². The maximum atomic E-state index is 11.9. The number of thioether (sulfide) groups is 1. The maximum Gasteiger partial charge on any atom is 0.246 e. The van der Waals surface area contributed by atoms with Gasteiger partial charge in [-0.25, -0.2) is 4.68 Å². The highest BCUT2D eigenvalue weighted by Crippen LogP contribution is 2.24. The minimum absolute atomic E-state index is 0.0652. The summed E-state index contributed by atoms with van der Waals surface area (Å²) in [6.07, 6.45) is 3.50. The monoisotopic (exact) mass is 278 g/mol. The maximum absolute atomic E-state index is 11.9. The number of aromatic nitrogens is 3. The number of carbonyl (C=O) groups excluding carboxylic acids is 1. The number of para-hydroxylation sites is 1. The first-order valence-electron chi connectivity index (χ1n) is 5.65. The lowest BCUT2D eigenvalue weighted by Gasteiger charge is -2.08. The number of amides is 1. The minimum atomic E-state index is -0.184. The Hall–Kier alpha value is -1.86. The van der Waals surface area contributed by atoms with Crippen molar-refractivity contribution in [1.82, 2.24) is 15.0 Å². The number of hydrogen-bond donors (Lipinski definition) is 2. The highest BCUT2D eigenvalue weighted by molar-refractivity contribution is 7.98. The average molecular weight is 278 g/mol. The zero-order valence-corrected chi connectivity index (χ0v) is 11.2. The number of benzene rings is 1. The predicted molar refractivity (Wildman–Crippen MR) is 72.8 cm³/mol. The summed E-state index contributed by atoms with van der Waals surface area (Å²) in [6.45, 7) is -0.118. The zero-order chi connectivity index (χ0) is 13.7. The molecule has 19 heavy (non-hydrogen) atoms. The van der Waals surface area contributed by atoms with Gasteiger partial charge in [0.15, 0.2) is 0 Å². The number of nitrogens with zero attached hydrogens (tertiary/aromatic N) is 3. The molecule has 7 heteroatoms. The average Bonchev–Trinajstić information content (AvgIpc) is 2.87. The third-order valence-electron chi connectivity index (χ3n) is 2.43. The van der Waals surface area contributed by atoms with Crippen molar-refractivity contribution in [2.45, 2.75) is 18.0 Å². The molecule has 1 aromatic heterocycles. The Balaban J connectivity index is 2.01. The van der Waals surface area contributed by atoms with Gasteiger partial charge in [-0.1, -0.05) is 17.3 Å². The zero-order valence-electron chi connectivity index (χ0n) is 10.4. The van der Waals surface area contributed by atoms with Gasteiger partial charge in [-0.3, -0.25) is 4.79 Å². The molecule has 1 heterocycles. The molecule has 1 aromatic carbocycles. The van der Waals surface area contributed by atoms with Crippen LogP contribution >= 0.6 is 11.8 Å². The van der Waals surface area contributed by atoms with Crippen LogP contribution < -0.4 is 5.32 Å². The van der Waals surface area contributed by atoms with Crippen molar-refractivity contribution in [3.8, 4) is 0 Å². The lowest BCUT2D eigenvalue weighted by molar-refractivity contribution is -0.116. The molecule has 100 valence electrons. The number of nitrogens with one attached hydrogen (secondary N) is 1. The van der Waals surface area contributed by atoms with Gasteiger partial charge in [0.1, 0.15) is 12.2 Å². The summed E-state index contributed by atoms with van der Waals surface area (Å²) in [4.78, 5) is 12.9. The first-order valence-corrected chi connectivity index (χ1v) is 6.88. The van der Waals surface area contributed by atoms with Crippen molar-refractivity contribution >= 4 is 23.4 Å². The summed E-state index contributed by atoms with van der Waals surface area (Å²) in [5, 5.41) is 19.2. The molecule has 2 aromatic rings. The van der Waals surface area contributed by atoms with Crippen molar-refractivity contribution in [3.05, 3.63) is 36.2 Å². The van der Waals surface area contributed by atoms with Crippen LogP contribution in [0.2, 0.25) is 0 Å². The van der Waals surface area contributed by atoms with Crippen LogP contribution in [0.3, 0.4) is 0 Å². The summed E-state index contributed by atoms with van der Waals surface area (Å²) in [6, 6.07) is 7.59. The smallest absolute Gasteiger partial charge is 0.246 e. The van der Waals surface area contributed by atoms with Gasteiger partial charge in [0.25, 0.3) is 0 Å². The SMILES string of the molecule is CSc1ccccc1NC(=O)Cn1cc(CO)nn1. The Morgan fingerprint density at radius 3 is 2.95 bits per heavy atom. The second-order valence-corrected chi connectivity index (χ2v) is 4.66. The minimum Gasteiger partial charge on any atom is -0.390 e. The predicted octanol–water partition coefficient (Wildman–Crippen LogP) is 1.13. The lowest BCUT2D eigenvalue weighted by atomic mass is 10.3. The molecule has 0 atom stereocenters. The largest absolute Gasteiger partial charge is 0.390 e. The summed E-state index contributed by atoms with van der Waals surface area (Å²) in [5.74, 6) is -0.184. The fraction of sp³-hybridized carbons (Fsp3) is 0.250. The number of aliphatic hydroxyl groups excluding tert-OH is 1. The summed E-state index contributed by atoms with van der Waals surface area (Å²) in [5.41, 5.74) is 1.22. The highest BCUT2D eigenvalue weighted by atomic mass is 32.2. The first kappa shape index (κ1) is 13.6. The molecule has 0 aliphatic carbocycles. The van der Waals surface area contributed by atoms with Crippen LogP contribution in [0.1, 0.15) is 5.69 Å². The van der Waals surface area contributed by atoms with E-state index in [1.807, 2.05) is 30.5 Å². The van der Waals surface area contributed by atoms with Crippen LogP contribution in [0.5, 0.6) is 0 Å². The van der Waals surface area contributed by atoms with Gasteiger partial charge in [0, 0.05) is 4.90 Å². The van der Waals surface area contributed by atoms with E-state index < -0.39 is 0 Å². The van der Waals surface area contributed by atoms with Gasteiger partial charge in [-0.15, -0.1) is 16.9 Å². The molecule has 1 amide bonds. The molecular formula is C12H14N4O2S. The Morgan fingerprint density at radius 1 is 1.47 bits per heavy atom. The third-order valence-corrected chi connectivity index (χ3v) is 3.23. The van der Waals surface area contributed by atoms with Gasteiger partial charge in [-0.2, -0.15) is 0 Å². The molecule has 0 unspecified atom stereocenters. The van der Waals surface area contributed by atoms with Crippen LogP contribution in [0, 0.1) is 0 Å². The molecule has 0 spiro atoms. The van der Waals surface area contributed by atoms with Crippen molar-refractivity contribution < 1.29 is 9.90 Å². The molecule has 2 N–H and O–H groups in total. The van der Waals surface area contributed by atoms with Crippen LogP contribution in [0.15, 0.2) is 35.4 Å². The number of rotatable bonds is 5. The fourth-order valence-electron chi connectivity index (χ4n) is 1.57. The molecule has 0 fully saturated rings. The van der Waals surface area contributed by atoms with Gasteiger partial charge in [0.05, 0.1) is 18.5 Å². The number of anilines is 1. The molecule has 0 saturated carbocycles. The van der Waals surface area contributed by atoms with Gasteiger partial charge < -0.3 is 10.4 Å². The van der Waals surface area contributed by atoms with Crippen LogP contribution in [-0.4, -0.2) is 32.3 Å². The first-order chi connectivity index (χ1) is 9.22. The van der Waals surface area contributed by atoms with Gasteiger partial charge >= 0.3 is 0 Å². The van der Waals surface area contributed by atoms with Crippen molar-refractivity contribution in [1.29, 1.82) is 0 Å². The molecular weight excluding hydrogens is 264 g/mol. The molecule has 0 radical (unpaired) electrons. The van der Waals surface area contributed by atoms with E-state index in [2.05, 4.69) is 15.6 Å². The van der Waals surface area contributed by atoms with Crippen molar-refractivity contribution in [2.24, 2.45) is 0 Å². The second kappa shape index (κ2) is 6.35. The van der Waals surface area contributed by atoms with Gasteiger partial charge in [0.2, 0.25) is 5.91 Å². The Morgan fingerprint density at radius 2 is 2.26 bits per heavy atom. The number of aliphatic hydroxyl groups is 1. The number of hydrogen-bond acceptors (Lipinski definition) is 5. The second-order valence-electron chi connectivity index (χ2n) is 3.81. The summed E-state index contributed by atoms with van der Waals surface area (Å²) >= 11 is 1.57. The standard InChI is InChI=1S/C12H14N4O2S/c1-19-11-5-3-2-4-10(11)13-12(18)7-16-6-9(8-17)14-15-16/h2-6,17H,7-8H2,1H3,(H,13,18). The number of carbonyl (C=O) groups is 1. The normalized spacial score (nSPS) is 10.4. The van der Waals surface area contributed by atoms with Gasteiger partial charge in [-0.05, 0) is 18.4 Å². The topological polar surface area (TPSA) is 80.0 Å². The Kier molecular flexibility index (Phi) is 4.53. The van der Waals surface area contributed by atoms with Crippen molar-refractivity contribution in [2.75, 3.05) is 11.6 Å².